The SMILES string of the molecule is C#CCNCC(=O)c1cc(C)c(OC)cc1C. The van der Waals surface area contributed by atoms with Crippen molar-refractivity contribution in [2.75, 3.05) is 20.2 Å². The maximum Gasteiger partial charge on any atom is 0.176 e. The van der Waals surface area contributed by atoms with E-state index in [-0.39, 0.29) is 12.3 Å². The van der Waals surface area contributed by atoms with Crippen LogP contribution in [0.1, 0.15) is 21.5 Å². The standard InChI is InChI=1S/C14H17NO2/c1-5-6-15-9-13(16)12-7-11(3)14(17-4)8-10(12)2/h1,7-8,15H,6,9H2,2-4H3. The summed E-state index contributed by atoms with van der Waals surface area (Å²) in [5.74, 6) is 3.28. The van der Waals surface area contributed by atoms with E-state index in [4.69, 9.17) is 11.2 Å². The zero-order chi connectivity index (χ0) is 12.8. The molecule has 1 N–H and O–H groups in total. The number of ether oxygens (including phenoxy) is 1. The Bertz CT molecular complexity index is 458. The fourth-order valence-electron chi connectivity index (χ4n) is 1.65. The number of nitrogens with one attached hydrogen (secondary N) is 1. The van der Waals surface area contributed by atoms with Crippen LogP contribution in [0.15, 0.2) is 12.1 Å². The molecule has 3 nitrogen and oxygen atoms in total. The van der Waals surface area contributed by atoms with E-state index in [0.29, 0.717) is 12.1 Å². The van der Waals surface area contributed by atoms with Crippen LogP contribution in [0.25, 0.3) is 0 Å². The largest absolute Gasteiger partial charge is 0.496 e. The number of ketones is 1. The van der Waals surface area contributed by atoms with Gasteiger partial charge in [0.05, 0.1) is 20.2 Å². The van der Waals surface area contributed by atoms with Crippen LogP contribution in [0.3, 0.4) is 0 Å². The van der Waals surface area contributed by atoms with E-state index in [2.05, 4.69) is 11.2 Å². The first-order valence-corrected chi connectivity index (χ1v) is 5.42. The number of benzene rings is 1. The van der Waals surface area contributed by atoms with E-state index in [0.717, 1.165) is 16.9 Å². The Morgan fingerprint density at radius 3 is 2.71 bits per heavy atom. The number of carbonyl (C=O) groups is 1. The highest BCUT2D eigenvalue weighted by Crippen LogP contribution is 2.22. The van der Waals surface area contributed by atoms with Gasteiger partial charge in [-0.1, -0.05) is 5.92 Å². The van der Waals surface area contributed by atoms with Gasteiger partial charge in [0, 0.05) is 5.56 Å². The summed E-state index contributed by atoms with van der Waals surface area (Å²) in [4.78, 5) is 11.9. The monoisotopic (exact) mass is 231 g/mol. The molecule has 0 unspecified atom stereocenters. The van der Waals surface area contributed by atoms with Crippen LogP contribution < -0.4 is 10.1 Å². The topological polar surface area (TPSA) is 38.3 Å². The molecule has 1 aromatic carbocycles. The van der Waals surface area contributed by atoms with Gasteiger partial charge < -0.3 is 4.74 Å². The molecule has 0 bridgehead atoms. The van der Waals surface area contributed by atoms with E-state index in [1.165, 1.54) is 0 Å². The Morgan fingerprint density at radius 2 is 2.12 bits per heavy atom. The molecule has 0 radical (unpaired) electrons. The van der Waals surface area contributed by atoms with Gasteiger partial charge in [-0.25, -0.2) is 0 Å². The molecule has 0 fully saturated rings. The Kier molecular flexibility index (Phi) is 4.74. The van der Waals surface area contributed by atoms with E-state index in [9.17, 15) is 4.79 Å². The highest BCUT2D eigenvalue weighted by molar-refractivity contribution is 5.99. The molecule has 1 aromatic rings. The number of aryl methyl sites for hydroxylation is 2. The molecule has 1 rings (SSSR count). The molecule has 0 aliphatic heterocycles. The van der Waals surface area contributed by atoms with Crippen molar-refractivity contribution in [3.8, 4) is 18.1 Å². The minimum atomic E-state index is 0.0449. The fraction of sp³-hybridized carbons (Fsp3) is 0.357. The molecule has 0 spiro atoms. The Balaban J connectivity index is 2.88. The number of Topliss-reactive ketones (excluding diaryl/α,β-unsaturated/α-hetero) is 1. The van der Waals surface area contributed by atoms with Gasteiger partial charge in [-0.15, -0.1) is 6.42 Å². The molecule has 0 amide bonds. The summed E-state index contributed by atoms with van der Waals surface area (Å²) in [6.07, 6.45) is 5.10. The Hall–Kier alpha value is -1.79. The molecular formula is C14H17NO2. The van der Waals surface area contributed by atoms with E-state index < -0.39 is 0 Å². The molecule has 0 saturated carbocycles. The number of rotatable bonds is 5. The maximum absolute atomic E-state index is 11.9. The van der Waals surface area contributed by atoms with Gasteiger partial charge in [0.1, 0.15) is 5.75 Å². The van der Waals surface area contributed by atoms with Gasteiger partial charge in [-0.3, -0.25) is 10.1 Å². The summed E-state index contributed by atoms with van der Waals surface area (Å²) < 4.78 is 5.21. The van der Waals surface area contributed by atoms with Crippen LogP contribution in [0.5, 0.6) is 5.75 Å². The highest BCUT2D eigenvalue weighted by Gasteiger charge is 2.11. The quantitative estimate of drug-likeness (QED) is 0.476. The average molecular weight is 231 g/mol. The first-order chi connectivity index (χ1) is 8.10. The number of terminal acetylenes is 1. The van der Waals surface area contributed by atoms with Crippen molar-refractivity contribution >= 4 is 5.78 Å². The average Bonchev–Trinajstić information content (AvgIpc) is 2.31. The smallest absolute Gasteiger partial charge is 0.176 e. The molecule has 0 saturated heterocycles. The number of carbonyl (C=O) groups excluding carboxylic acids is 1. The third kappa shape index (κ3) is 3.33. The summed E-state index contributed by atoms with van der Waals surface area (Å²) in [6.45, 7) is 4.48. The van der Waals surface area contributed by atoms with Gasteiger partial charge in [-0.2, -0.15) is 0 Å². The first kappa shape index (κ1) is 13.3. The minimum Gasteiger partial charge on any atom is -0.496 e. The second kappa shape index (κ2) is 6.07. The second-order valence-electron chi connectivity index (χ2n) is 3.87. The van der Waals surface area contributed by atoms with Crippen LogP contribution in [0, 0.1) is 26.2 Å². The molecule has 0 heterocycles. The van der Waals surface area contributed by atoms with Crippen molar-refractivity contribution in [1.29, 1.82) is 0 Å². The van der Waals surface area contributed by atoms with Crippen molar-refractivity contribution in [1.82, 2.24) is 5.32 Å². The lowest BCUT2D eigenvalue weighted by Gasteiger charge is -2.10. The zero-order valence-electron chi connectivity index (χ0n) is 10.5. The van der Waals surface area contributed by atoms with E-state index in [1.807, 2.05) is 26.0 Å². The van der Waals surface area contributed by atoms with Crippen LogP contribution >= 0.6 is 0 Å². The lowest BCUT2D eigenvalue weighted by Crippen LogP contribution is -2.23. The molecule has 0 aliphatic carbocycles. The fourth-order valence-corrected chi connectivity index (χ4v) is 1.65. The predicted molar refractivity (Wildman–Crippen MR) is 68.5 cm³/mol. The van der Waals surface area contributed by atoms with Gasteiger partial charge in [0.15, 0.2) is 5.78 Å². The molecule has 90 valence electrons. The second-order valence-corrected chi connectivity index (χ2v) is 3.87. The van der Waals surface area contributed by atoms with Gasteiger partial charge >= 0.3 is 0 Å². The van der Waals surface area contributed by atoms with Gasteiger partial charge in [-0.05, 0) is 37.1 Å². The van der Waals surface area contributed by atoms with E-state index >= 15 is 0 Å². The minimum absolute atomic E-state index is 0.0449. The van der Waals surface area contributed by atoms with Crippen molar-refractivity contribution < 1.29 is 9.53 Å². The lowest BCUT2D eigenvalue weighted by atomic mass is 10.0. The number of hydrogen-bond donors (Lipinski definition) is 1. The zero-order valence-corrected chi connectivity index (χ0v) is 10.5. The highest BCUT2D eigenvalue weighted by atomic mass is 16.5. The van der Waals surface area contributed by atoms with Crippen LogP contribution in [0.2, 0.25) is 0 Å². The molecule has 17 heavy (non-hydrogen) atoms. The maximum atomic E-state index is 11.9. The summed E-state index contributed by atoms with van der Waals surface area (Å²) >= 11 is 0. The Labute approximate surface area is 102 Å². The molecule has 0 aromatic heterocycles. The van der Waals surface area contributed by atoms with Crippen molar-refractivity contribution in [3.05, 3.63) is 28.8 Å². The molecule has 3 heteroatoms. The third-order valence-corrected chi connectivity index (χ3v) is 2.55. The molecular weight excluding hydrogens is 214 g/mol. The van der Waals surface area contributed by atoms with Crippen LogP contribution in [-0.4, -0.2) is 26.0 Å². The summed E-state index contributed by atoms with van der Waals surface area (Å²) in [5, 5.41) is 2.89. The summed E-state index contributed by atoms with van der Waals surface area (Å²) in [6, 6.07) is 3.73. The normalized spacial score (nSPS) is 9.76. The lowest BCUT2D eigenvalue weighted by molar-refractivity contribution is 0.0992. The van der Waals surface area contributed by atoms with Gasteiger partial charge in [0.2, 0.25) is 0 Å². The number of methoxy groups -OCH3 is 1. The van der Waals surface area contributed by atoms with Crippen molar-refractivity contribution in [2.45, 2.75) is 13.8 Å². The van der Waals surface area contributed by atoms with Crippen LogP contribution in [0.4, 0.5) is 0 Å². The van der Waals surface area contributed by atoms with Crippen LogP contribution in [-0.2, 0) is 0 Å². The third-order valence-electron chi connectivity index (χ3n) is 2.55. The van der Waals surface area contributed by atoms with E-state index in [1.54, 1.807) is 7.11 Å². The summed E-state index contributed by atoms with van der Waals surface area (Å²) in [7, 11) is 1.62. The summed E-state index contributed by atoms with van der Waals surface area (Å²) in [5.41, 5.74) is 2.59. The molecule has 0 atom stereocenters. The predicted octanol–water partition coefficient (Wildman–Crippen LogP) is 1.72. The van der Waals surface area contributed by atoms with Crippen molar-refractivity contribution in [2.24, 2.45) is 0 Å². The Morgan fingerprint density at radius 1 is 1.41 bits per heavy atom. The van der Waals surface area contributed by atoms with Gasteiger partial charge in [0.25, 0.3) is 0 Å². The van der Waals surface area contributed by atoms with Crippen molar-refractivity contribution in [3.63, 3.8) is 0 Å². The first-order valence-electron chi connectivity index (χ1n) is 5.42. The number of hydrogen-bond acceptors (Lipinski definition) is 3. The molecule has 0 aliphatic rings.